The van der Waals surface area contributed by atoms with Crippen molar-refractivity contribution in [2.45, 2.75) is 6.29 Å². The molecule has 0 aromatic rings. The van der Waals surface area contributed by atoms with Gasteiger partial charge in [0.2, 0.25) is 0 Å². The van der Waals surface area contributed by atoms with Crippen LogP contribution in [0.25, 0.3) is 0 Å². The normalized spacial score (nSPS) is 16.3. The van der Waals surface area contributed by atoms with Crippen LogP contribution in [0.5, 0.6) is 0 Å². The average Bonchev–Trinajstić information content (AvgIpc) is 2.48. The van der Waals surface area contributed by atoms with Gasteiger partial charge in [0.1, 0.15) is 11.6 Å². The standard InChI is InChI=1S/C12H20N4O3/c1-18-11(19-2)9-15-8-10(7-13)12(17)16-5-3-14-4-6-16/h8,11,14-15H,3-6,9H2,1-2H3/b10-8-. The topological polar surface area (TPSA) is 86.6 Å². The number of rotatable bonds is 6. The highest BCUT2D eigenvalue weighted by atomic mass is 16.7. The predicted molar refractivity (Wildman–Crippen MR) is 69.0 cm³/mol. The molecule has 1 amide bonds. The SMILES string of the molecule is COC(CN/C=C(/C#N)C(=O)N1CCNCC1)OC. The molecule has 0 unspecified atom stereocenters. The third-order valence-electron chi connectivity index (χ3n) is 2.81. The second-order valence-electron chi connectivity index (χ2n) is 4.02. The van der Waals surface area contributed by atoms with Crippen molar-refractivity contribution < 1.29 is 14.3 Å². The number of nitriles is 1. The molecule has 0 radical (unpaired) electrons. The van der Waals surface area contributed by atoms with Crippen LogP contribution in [0, 0.1) is 11.3 Å². The van der Waals surface area contributed by atoms with Crippen LogP contribution in [-0.4, -0.2) is 64.0 Å². The molecule has 1 fully saturated rings. The van der Waals surface area contributed by atoms with E-state index in [2.05, 4.69) is 10.6 Å². The Kier molecular flexibility index (Phi) is 6.89. The highest BCUT2D eigenvalue weighted by Crippen LogP contribution is 2.02. The van der Waals surface area contributed by atoms with Gasteiger partial charge in [0, 0.05) is 46.6 Å². The lowest BCUT2D eigenvalue weighted by Crippen LogP contribution is -2.47. The second-order valence-corrected chi connectivity index (χ2v) is 4.02. The van der Waals surface area contributed by atoms with Crippen LogP contribution in [0.3, 0.4) is 0 Å². The molecule has 1 aliphatic heterocycles. The van der Waals surface area contributed by atoms with Gasteiger partial charge in [0.25, 0.3) is 5.91 Å². The summed E-state index contributed by atoms with van der Waals surface area (Å²) in [4.78, 5) is 13.7. The predicted octanol–water partition coefficient (Wildman–Crippen LogP) is -0.966. The van der Waals surface area contributed by atoms with Crippen LogP contribution < -0.4 is 10.6 Å². The molecular weight excluding hydrogens is 248 g/mol. The largest absolute Gasteiger partial charge is 0.385 e. The Bertz CT molecular complexity index is 354. The quantitative estimate of drug-likeness (QED) is 0.366. The third kappa shape index (κ3) is 4.87. The molecular formula is C12H20N4O3. The number of ether oxygens (including phenoxy) is 2. The van der Waals surface area contributed by atoms with E-state index < -0.39 is 6.29 Å². The monoisotopic (exact) mass is 268 g/mol. The minimum Gasteiger partial charge on any atom is -0.385 e. The summed E-state index contributed by atoms with van der Waals surface area (Å²) in [6.07, 6.45) is 1.00. The third-order valence-corrected chi connectivity index (χ3v) is 2.81. The maximum absolute atomic E-state index is 12.0. The van der Waals surface area contributed by atoms with Crippen molar-refractivity contribution in [2.75, 3.05) is 46.9 Å². The first kappa shape index (κ1) is 15.4. The number of hydrogen-bond donors (Lipinski definition) is 2. The van der Waals surface area contributed by atoms with Gasteiger partial charge in [-0.15, -0.1) is 0 Å². The molecule has 7 nitrogen and oxygen atoms in total. The van der Waals surface area contributed by atoms with Crippen LogP contribution in [0.2, 0.25) is 0 Å². The van der Waals surface area contributed by atoms with Crippen molar-refractivity contribution in [1.29, 1.82) is 5.26 Å². The number of hydrogen-bond acceptors (Lipinski definition) is 6. The molecule has 1 saturated heterocycles. The van der Waals surface area contributed by atoms with Crippen LogP contribution >= 0.6 is 0 Å². The van der Waals surface area contributed by atoms with Gasteiger partial charge in [-0.3, -0.25) is 4.79 Å². The Labute approximate surface area is 113 Å². The maximum atomic E-state index is 12.0. The van der Waals surface area contributed by atoms with E-state index in [0.29, 0.717) is 19.6 Å². The number of carbonyl (C=O) groups excluding carboxylic acids is 1. The first-order valence-corrected chi connectivity index (χ1v) is 6.12. The summed E-state index contributed by atoms with van der Waals surface area (Å²) in [7, 11) is 3.05. The van der Waals surface area contributed by atoms with Crippen LogP contribution in [0.4, 0.5) is 0 Å². The molecule has 0 aromatic carbocycles. The molecule has 19 heavy (non-hydrogen) atoms. The van der Waals surface area contributed by atoms with Crippen molar-refractivity contribution in [2.24, 2.45) is 0 Å². The van der Waals surface area contributed by atoms with E-state index in [1.165, 1.54) is 20.4 Å². The Morgan fingerprint density at radius 2 is 2.11 bits per heavy atom. The van der Waals surface area contributed by atoms with Gasteiger partial charge in [-0.2, -0.15) is 5.26 Å². The molecule has 0 aliphatic carbocycles. The van der Waals surface area contributed by atoms with Gasteiger partial charge in [0.15, 0.2) is 6.29 Å². The summed E-state index contributed by atoms with van der Waals surface area (Å²) in [5.74, 6) is -0.247. The van der Waals surface area contributed by atoms with Gasteiger partial charge < -0.3 is 25.0 Å². The molecule has 1 aliphatic rings. The molecule has 2 N–H and O–H groups in total. The van der Waals surface area contributed by atoms with Crippen LogP contribution in [0.1, 0.15) is 0 Å². The van der Waals surface area contributed by atoms with E-state index in [1.807, 2.05) is 6.07 Å². The summed E-state index contributed by atoms with van der Waals surface area (Å²) < 4.78 is 9.98. The van der Waals surface area contributed by atoms with Crippen molar-refractivity contribution >= 4 is 5.91 Å². The number of amides is 1. The Morgan fingerprint density at radius 1 is 1.47 bits per heavy atom. The van der Waals surface area contributed by atoms with Crippen molar-refractivity contribution in [3.8, 4) is 6.07 Å². The number of nitrogens with one attached hydrogen (secondary N) is 2. The van der Waals surface area contributed by atoms with Gasteiger partial charge in [-0.25, -0.2) is 0 Å². The molecule has 0 saturated carbocycles. The number of carbonyl (C=O) groups is 1. The van der Waals surface area contributed by atoms with E-state index in [1.54, 1.807) is 4.90 Å². The van der Waals surface area contributed by atoms with Crippen molar-refractivity contribution in [3.05, 3.63) is 11.8 Å². The van der Waals surface area contributed by atoms with E-state index in [0.717, 1.165) is 13.1 Å². The van der Waals surface area contributed by atoms with E-state index >= 15 is 0 Å². The highest BCUT2D eigenvalue weighted by molar-refractivity contribution is 5.97. The fraction of sp³-hybridized carbons (Fsp3) is 0.667. The molecule has 1 heterocycles. The molecule has 0 aromatic heterocycles. The zero-order valence-electron chi connectivity index (χ0n) is 11.3. The molecule has 7 heteroatoms. The maximum Gasteiger partial charge on any atom is 0.266 e. The minimum atomic E-state index is -0.412. The first-order valence-electron chi connectivity index (χ1n) is 6.12. The van der Waals surface area contributed by atoms with Gasteiger partial charge in [-0.05, 0) is 0 Å². The lowest BCUT2D eigenvalue weighted by molar-refractivity contribution is -0.127. The number of methoxy groups -OCH3 is 2. The fourth-order valence-electron chi connectivity index (χ4n) is 1.70. The fourth-order valence-corrected chi connectivity index (χ4v) is 1.70. The minimum absolute atomic E-state index is 0.0906. The van der Waals surface area contributed by atoms with Crippen LogP contribution in [-0.2, 0) is 14.3 Å². The number of nitrogens with zero attached hydrogens (tertiary/aromatic N) is 2. The molecule has 0 spiro atoms. The Morgan fingerprint density at radius 3 is 2.63 bits per heavy atom. The summed E-state index contributed by atoms with van der Waals surface area (Å²) in [6.45, 7) is 3.13. The summed E-state index contributed by atoms with van der Waals surface area (Å²) in [5.41, 5.74) is 0.0906. The molecule has 1 rings (SSSR count). The van der Waals surface area contributed by atoms with E-state index in [9.17, 15) is 4.79 Å². The van der Waals surface area contributed by atoms with Crippen LogP contribution in [0.15, 0.2) is 11.8 Å². The second kappa shape index (κ2) is 8.48. The Balaban J connectivity index is 2.51. The summed E-state index contributed by atoms with van der Waals surface area (Å²) in [5, 5.41) is 15.0. The smallest absolute Gasteiger partial charge is 0.266 e. The first-order chi connectivity index (χ1) is 9.22. The van der Waals surface area contributed by atoms with Crippen molar-refractivity contribution in [1.82, 2.24) is 15.5 Å². The Hall–Kier alpha value is -1.62. The summed E-state index contributed by atoms with van der Waals surface area (Å²) in [6, 6.07) is 1.91. The molecule has 0 atom stereocenters. The molecule has 0 bridgehead atoms. The lowest BCUT2D eigenvalue weighted by atomic mass is 10.2. The van der Waals surface area contributed by atoms with E-state index in [4.69, 9.17) is 14.7 Å². The number of piperazine rings is 1. The molecule has 106 valence electrons. The zero-order valence-corrected chi connectivity index (χ0v) is 11.3. The van der Waals surface area contributed by atoms with E-state index in [-0.39, 0.29) is 11.5 Å². The van der Waals surface area contributed by atoms with Crippen molar-refractivity contribution in [3.63, 3.8) is 0 Å². The zero-order chi connectivity index (χ0) is 14.1. The average molecular weight is 268 g/mol. The van der Waals surface area contributed by atoms with Gasteiger partial charge >= 0.3 is 0 Å². The van der Waals surface area contributed by atoms with Gasteiger partial charge in [0.05, 0.1) is 6.54 Å². The summed E-state index contributed by atoms with van der Waals surface area (Å²) >= 11 is 0. The van der Waals surface area contributed by atoms with Gasteiger partial charge in [-0.1, -0.05) is 0 Å². The highest BCUT2D eigenvalue weighted by Gasteiger charge is 2.19. The lowest BCUT2D eigenvalue weighted by Gasteiger charge is -2.27.